The van der Waals surface area contributed by atoms with E-state index in [0.29, 0.717) is 42.5 Å². The van der Waals surface area contributed by atoms with Crippen molar-refractivity contribution in [2.75, 3.05) is 31.1 Å². The van der Waals surface area contributed by atoms with Crippen molar-refractivity contribution in [2.24, 2.45) is 0 Å². The Labute approximate surface area is 154 Å². The van der Waals surface area contributed by atoms with E-state index in [1.54, 1.807) is 41.7 Å². The van der Waals surface area contributed by atoms with Gasteiger partial charge in [-0.1, -0.05) is 11.6 Å². The number of hydrogen-bond acceptors (Lipinski definition) is 7. The average molecular weight is 371 g/mol. The van der Waals surface area contributed by atoms with Crippen LogP contribution in [0.3, 0.4) is 0 Å². The molecule has 1 aliphatic rings. The molecule has 0 saturated carbocycles. The Morgan fingerprint density at radius 1 is 1.12 bits per heavy atom. The highest BCUT2D eigenvalue weighted by Crippen LogP contribution is 2.22. The maximum atomic E-state index is 13.1. The number of nitrogens with zero attached hydrogens (tertiary/aromatic N) is 8. The number of amides is 1. The standard InChI is InChI=1S/C16H15ClN8O/c17-12-1-2-14(25-11-20-21-22-25)13(9-12)16(26)24-7-5-23(6-8-24)15-10-18-3-4-19-15/h1-4,9-11H,5-8H2. The number of anilines is 1. The Hall–Kier alpha value is -3.07. The monoisotopic (exact) mass is 370 g/mol. The van der Waals surface area contributed by atoms with Crippen molar-refractivity contribution in [3.05, 3.63) is 53.7 Å². The largest absolute Gasteiger partial charge is 0.352 e. The first-order valence-electron chi connectivity index (χ1n) is 8.05. The lowest BCUT2D eigenvalue weighted by Gasteiger charge is -2.35. The van der Waals surface area contributed by atoms with Gasteiger partial charge in [-0.25, -0.2) is 4.98 Å². The van der Waals surface area contributed by atoms with Crippen molar-refractivity contribution < 1.29 is 4.79 Å². The second kappa shape index (κ2) is 7.04. The SMILES string of the molecule is O=C(c1cc(Cl)ccc1-n1cnnn1)N1CCN(c2cnccn2)CC1. The van der Waals surface area contributed by atoms with Gasteiger partial charge in [0.2, 0.25) is 0 Å². The molecule has 0 bridgehead atoms. The first-order valence-corrected chi connectivity index (χ1v) is 8.43. The highest BCUT2D eigenvalue weighted by atomic mass is 35.5. The van der Waals surface area contributed by atoms with Gasteiger partial charge in [-0.05, 0) is 28.6 Å². The predicted octanol–water partition coefficient (Wildman–Crippen LogP) is 1.07. The maximum Gasteiger partial charge on any atom is 0.256 e. The zero-order chi connectivity index (χ0) is 17.9. The Bertz CT molecular complexity index is 894. The molecule has 1 aliphatic heterocycles. The Balaban J connectivity index is 1.53. The van der Waals surface area contributed by atoms with E-state index in [-0.39, 0.29) is 5.91 Å². The van der Waals surface area contributed by atoms with Gasteiger partial charge >= 0.3 is 0 Å². The number of tetrazole rings is 1. The number of hydrogen-bond donors (Lipinski definition) is 0. The molecule has 9 nitrogen and oxygen atoms in total. The minimum Gasteiger partial charge on any atom is -0.352 e. The van der Waals surface area contributed by atoms with E-state index in [9.17, 15) is 4.79 Å². The van der Waals surface area contributed by atoms with Crippen molar-refractivity contribution in [1.29, 1.82) is 0 Å². The zero-order valence-electron chi connectivity index (χ0n) is 13.7. The fraction of sp³-hybridized carbons (Fsp3) is 0.250. The zero-order valence-corrected chi connectivity index (χ0v) is 14.5. The summed E-state index contributed by atoms with van der Waals surface area (Å²) in [5, 5.41) is 11.6. The lowest BCUT2D eigenvalue weighted by Crippen LogP contribution is -2.49. The number of carbonyl (C=O) groups is 1. The molecule has 1 saturated heterocycles. The molecule has 0 atom stereocenters. The molecule has 132 valence electrons. The van der Waals surface area contributed by atoms with Crippen LogP contribution in [0.1, 0.15) is 10.4 Å². The Kier molecular flexibility index (Phi) is 4.44. The summed E-state index contributed by atoms with van der Waals surface area (Å²) in [6.07, 6.45) is 6.48. The number of halogens is 1. The normalized spacial score (nSPS) is 14.5. The molecule has 0 radical (unpaired) electrons. The van der Waals surface area contributed by atoms with Crippen molar-refractivity contribution in [3.63, 3.8) is 0 Å². The third kappa shape index (κ3) is 3.21. The summed E-state index contributed by atoms with van der Waals surface area (Å²) in [5.41, 5.74) is 1.07. The molecule has 3 heterocycles. The molecule has 2 aromatic heterocycles. The Morgan fingerprint density at radius 3 is 2.65 bits per heavy atom. The summed E-state index contributed by atoms with van der Waals surface area (Å²) in [7, 11) is 0. The van der Waals surface area contributed by atoms with Crippen LogP contribution in [0.5, 0.6) is 0 Å². The van der Waals surface area contributed by atoms with Crippen LogP contribution in [0.25, 0.3) is 5.69 Å². The number of aromatic nitrogens is 6. The number of carbonyl (C=O) groups excluding carboxylic acids is 1. The lowest BCUT2D eigenvalue weighted by molar-refractivity contribution is 0.0746. The number of piperazine rings is 1. The van der Waals surface area contributed by atoms with Crippen molar-refractivity contribution >= 4 is 23.3 Å². The van der Waals surface area contributed by atoms with Crippen molar-refractivity contribution in [2.45, 2.75) is 0 Å². The molecule has 4 rings (SSSR count). The molecular formula is C16H15ClN8O. The van der Waals surface area contributed by atoms with Gasteiger partial charge in [-0.15, -0.1) is 5.10 Å². The van der Waals surface area contributed by atoms with Gasteiger partial charge in [-0.3, -0.25) is 9.78 Å². The first kappa shape index (κ1) is 16.4. The van der Waals surface area contributed by atoms with Gasteiger partial charge in [0.1, 0.15) is 12.1 Å². The summed E-state index contributed by atoms with van der Waals surface area (Å²) < 4.78 is 1.46. The summed E-state index contributed by atoms with van der Waals surface area (Å²) in [6.45, 7) is 2.53. The maximum absolute atomic E-state index is 13.1. The van der Waals surface area contributed by atoms with E-state index in [4.69, 9.17) is 11.6 Å². The van der Waals surface area contributed by atoms with Crippen molar-refractivity contribution in [1.82, 2.24) is 35.1 Å². The van der Waals surface area contributed by atoms with Gasteiger partial charge in [0.05, 0.1) is 17.4 Å². The second-order valence-corrected chi connectivity index (χ2v) is 6.20. The lowest BCUT2D eigenvalue weighted by atomic mass is 10.1. The highest BCUT2D eigenvalue weighted by molar-refractivity contribution is 6.31. The Morgan fingerprint density at radius 2 is 1.96 bits per heavy atom. The third-order valence-electron chi connectivity index (χ3n) is 4.23. The minimum atomic E-state index is -0.100. The molecule has 1 amide bonds. The molecule has 0 unspecified atom stereocenters. The quantitative estimate of drug-likeness (QED) is 0.680. The van der Waals surface area contributed by atoms with Crippen LogP contribution in [0.4, 0.5) is 5.82 Å². The van der Waals surface area contributed by atoms with Gasteiger partial charge < -0.3 is 9.80 Å². The van der Waals surface area contributed by atoms with Crippen LogP contribution in [0.15, 0.2) is 43.1 Å². The van der Waals surface area contributed by atoms with Crippen LogP contribution in [-0.2, 0) is 0 Å². The summed E-state index contributed by atoms with van der Waals surface area (Å²) in [6, 6.07) is 5.10. The number of rotatable bonds is 3. The number of benzene rings is 1. The fourth-order valence-corrected chi connectivity index (χ4v) is 3.09. The van der Waals surface area contributed by atoms with Crippen LogP contribution in [0.2, 0.25) is 5.02 Å². The third-order valence-corrected chi connectivity index (χ3v) is 4.46. The summed E-state index contributed by atoms with van der Waals surface area (Å²) in [4.78, 5) is 25.4. The van der Waals surface area contributed by atoms with Crippen LogP contribution in [-0.4, -0.2) is 67.2 Å². The van der Waals surface area contributed by atoms with Gasteiger partial charge in [0.25, 0.3) is 5.91 Å². The molecule has 0 aliphatic carbocycles. The van der Waals surface area contributed by atoms with Gasteiger partial charge in [-0.2, -0.15) is 4.68 Å². The van der Waals surface area contributed by atoms with Crippen LogP contribution < -0.4 is 4.90 Å². The van der Waals surface area contributed by atoms with E-state index >= 15 is 0 Å². The molecule has 0 spiro atoms. The molecule has 26 heavy (non-hydrogen) atoms. The molecule has 1 fully saturated rings. The fourth-order valence-electron chi connectivity index (χ4n) is 2.91. The summed E-state index contributed by atoms with van der Waals surface area (Å²) >= 11 is 6.11. The smallest absolute Gasteiger partial charge is 0.256 e. The average Bonchev–Trinajstić information content (AvgIpc) is 3.23. The van der Waals surface area contributed by atoms with E-state index in [1.807, 2.05) is 0 Å². The van der Waals surface area contributed by atoms with E-state index < -0.39 is 0 Å². The topological polar surface area (TPSA) is 92.9 Å². The first-order chi connectivity index (χ1) is 12.7. The molecule has 0 N–H and O–H groups in total. The predicted molar refractivity (Wildman–Crippen MR) is 94.3 cm³/mol. The minimum absolute atomic E-state index is 0.100. The highest BCUT2D eigenvalue weighted by Gasteiger charge is 2.25. The second-order valence-electron chi connectivity index (χ2n) is 5.76. The molecule has 10 heteroatoms. The van der Waals surface area contributed by atoms with E-state index in [2.05, 4.69) is 30.4 Å². The van der Waals surface area contributed by atoms with Crippen molar-refractivity contribution in [3.8, 4) is 5.69 Å². The van der Waals surface area contributed by atoms with Crippen LogP contribution >= 0.6 is 11.6 Å². The molecule has 1 aromatic carbocycles. The van der Waals surface area contributed by atoms with Gasteiger partial charge in [0, 0.05) is 43.6 Å². The van der Waals surface area contributed by atoms with Gasteiger partial charge in [0.15, 0.2) is 0 Å². The van der Waals surface area contributed by atoms with E-state index in [0.717, 1.165) is 5.82 Å². The molecular weight excluding hydrogens is 356 g/mol. The molecule has 3 aromatic rings. The summed E-state index contributed by atoms with van der Waals surface area (Å²) in [5.74, 6) is 0.716. The van der Waals surface area contributed by atoms with Crippen LogP contribution in [0, 0.1) is 0 Å². The van der Waals surface area contributed by atoms with E-state index in [1.165, 1.54) is 11.0 Å².